The van der Waals surface area contributed by atoms with Gasteiger partial charge in [-0.3, -0.25) is 4.98 Å². The minimum absolute atomic E-state index is 0.460. The molecule has 0 bridgehead atoms. The normalized spacial score (nSPS) is 10.8. The van der Waals surface area contributed by atoms with Gasteiger partial charge < -0.3 is 15.5 Å². The number of oxazole rings is 1. The Labute approximate surface area is 122 Å². The van der Waals surface area contributed by atoms with Gasteiger partial charge in [-0.05, 0) is 23.8 Å². The lowest BCUT2D eigenvalue weighted by Crippen LogP contribution is -2.02. The number of aromatic amines is 1. The zero-order valence-corrected chi connectivity index (χ0v) is 12.0. The number of hydrogen-bond acceptors (Lipinski definition) is 4. The molecule has 0 saturated carbocycles. The Kier molecular flexibility index (Phi) is 3.23. The second-order valence-electron chi connectivity index (χ2n) is 4.43. The van der Waals surface area contributed by atoms with E-state index < -0.39 is 5.76 Å². The topological polar surface area (TPSA) is 84.0 Å². The van der Waals surface area contributed by atoms with E-state index in [0.717, 1.165) is 15.7 Å². The zero-order chi connectivity index (χ0) is 14.1. The van der Waals surface area contributed by atoms with E-state index in [2.05, 4.69) is 26.2 Å². The van der Waals surface area contributed by atoms with E-state index in [1.54, 1.807) is 12.1 Å². The molecule has 4 N–H and O–H groups in total. The van der Waals surface area contributed by atoms with Crippen LogP contribution in [0.1, 0.15) is 5.56 Å². The van der Waals surface area contributed by atoms with E-state index >= 15 is 0 Å². The molecular formula is C14H12BrN3O2. The third kappa shape index (κ3) is 2.55. The van der Waals surface area contributed by atoms with Crippen molar-refractivity contribution < 1.29 is 4.42 Å². The third-order valence-corrected chi connectivity index (χ3v) is 3.52. The van der Waals surface area contributed by atoms with Gasteiger partial charge in [0.2, 0.25) is 0 Å². The molecule has 3 rings (SSSR count). The minimum atomic E-state index is -0.482. The first-order valence-electron chi connectivity index (χ1n) is 6.02. The Bertz CT molecular complexity index is 805. The van der Waals surface area contributed by atoms with Crippen molar-refractivity contribution in [3.8, 4) is 0 Å². The number of aromatic nitrogens is 1. The number of fused-ring (bicyclic) bond motifs is 1. The molecule has 0 saturated heterocycles. The van der Waals surface area contributed by atoms with E-state index in [-0.39, 0.29) is 0 Å². The number of rotatable bonds is 3. The van der Waals surface area contributed by atoms with Crippen LogP contribution >= 0.6 is 15.9 Å². The first kappa shape index (κ1) is 12.8. The molecule has 0 atom stereocenters. The first-order valence-corrected chi connectivity index (χ1v) is 6.82. The standard InChI is InChI=1S/C14H12BrN3O2/c15-9-3-1-8(2-4-9)7-17-11-6-12-13(5-10(11)16)20-14(19)18-12/h1-6,17H,7,16H2,(H,18,19). The van der Waals surface area contributed by atoms with Crippen molar-refractivity contribution in [2.45, 2.75) is 6.54 Å². The molecule has 0 fully saturated rings. The highest BCUT2D eigenvalue weighted by Gasteiger charge is 2.06. The van der Waals surface area contributed by atoms with Crippen LogP contribution in [-0.2, 0) is 6.54 Å². The minimum Gasteiger partial charge on any atom is -0.408 e. The molecule has 5 nitrogen and oxygen atoms in total. The maximum atomic E-state index is 11.1. The molecule has 0 aliphatic heterocycles. The molecule has 0 aliphatic carbocycles. The summed E-state index contributed by atoms with van der Waals surface area (Å²) in [5.74, 6) is -0.482. The summed E-state index contributed by atoms with van der Waals surface area (Å²) in [5.41, 5.74) is 9.46. The summed E-state index contributed by atoms with van der Waals surface area (Å²) in [5, 5.41) is 3.25. The van der Waals surface area contributed by atoms with E-state index in [4.69, 9.17) is 10.2 Å². The largest absolute Gasteiger partial charge is 0.417 e. The van der Waals surface area contributed by atoms with Crippen molar-refractivity contribution >= 4 is 38.4 Å². The lowest BCUT2D eigenvalue weighted by atomic mass is 10.2. The summed E-state index contributed by atoms with van der Waals surface area (Å²) in [6.45, 7) is 0.644. The maximum absolute atomic E-state index is 11.1. The van der Waals surface area contributed by atoms with Gasteiger partial charge in [0.05, 0.1) is 16.9 Å². The summed E-state index contributed by atoms with van der Waals surface area (Å²) in [6.07, 6.45) is 0. The summed E-state index contributed by atoms with van der Waals surface area (Å²) in [6, 6.07) is 11.4. The molecule has 0 radical (unpaired) electrons. The molecule has 20 heavy (non-hydrogen) atoms. The molecule has 2 aromatic carbocycles. The highest BCUT2D eigenvalue weighted by Crippen LogP contribution is 2.25. The number of nitrogens with one attached hydrogen (secondary N) is 2. The van der Waals surface area contributed by atoms with Crippen molar-refractivity contribution in [1.29, 1.82) is 0 Å². The Balaban J connectivity index is 1.84. The summed E-state index contributed by atoms with van der Waals surface area (Å²) in [7, 11) is 0. The van der Waals surface area contributed by atoms with Crippen molar-refractivity contribution in [2.75, 3.05) is 11.1 Å². The van der Waals surface area contributed by atoms with Crippen LogP contribution in [0.15, 0.2) is 50.1 Å². The highest BCUT2D eigenvalue weighted by atomic mass is 79.9. The van der Waals surface area contributed by atoms with Gasteiger partial charge in [-0.2, -0.15) is 0 Å². The molecule has 6 heteroatoms. The number of nitrogen functional groups attached to an aromatic ring is 1. The Hall–Kier alpha value is -2.21. The lowest BCUT2D eigenvalue weighted by Gasteiger charge is -2.09. The number of halogens is 1. The predicted molar refractivity (Wildman–Crippen MR) is 82.7 cm³/mol. The van der Waals surface area contributed by atoms with Crippen LogP contribution < -0.4 is 16.8 Å². The van der Waals surface area contributed by atoms with Gasteiger partial charge in [0.25, 0.3) is 0 Å². The van der Waals surface area contributed by atoms with Crippen molar-refractivity contribution in [2.24, 2.45) is 0 Å². The van der Waals surface area contributed by atoms with Crippen LogP contribution in [0.2, 0.25) is 0 Å². The molecule has 0 spiro atoms. The molecule has 0 unspecified atom stereocenters. The quantitative estimate of drug-likeness (QED) is 0.643. The Morgan fingerprint density at radius 1 is 1.25 bits per heavy atom. The summed E-state index contributed by atoms with van der Waals surface area (Å²) >= 11 is 3.40. The predicted octanol–water partition coefficient (Wildman–Crippen LogP) is 3.08. The smallest absolute Gasteiger partial charge is 0.408 e. The fourth-order valence-electron chi connectivity index (χ4n) is 1.97. The molecule has 102 valence electrons. The highest BCUT2D eigenvalue weighted by molar-refractivity contribution is 9.10. The second-order valence-corrected chi connectivity index (χ2v) is 5.35. The fourth-order valence-corrected chi connectivity index (χ4v) is 2.23. The Morgan fingerprint density at radius 2 is 2.00 bits per heavy atom. The van der Waals surface area contributed by atoms with Gasteiger partial charge in [0.1, 0.15) is 0 Å². The fraction of sp³-hybridized carbons (Fsp3) is 0.0714. The number of benzene rings is 2. The maximum Gasteiger partial charge on any atom is 0.417 e. The van der Waals surface area contributed by atoms with E-state index in [9.17, 15) is 4.79 Å². The molecule has 1 aromatic heterocycles. The van der Waals surface area contributed by atoms with Crippen molar-refractivity contribution in [1.82, 2.24) is 4.98 Å². The van der Waals surface area contributed by atoms with Gasteiger partial charge >= 0.3 is 5.76 Å². The van der Waals surface area contributed by atoms with Gasteiger partial charge in [0, 0.05) is 17.1 Å². The molecule has 0 amide bonds. The van der Waals surface area contributed by atoms with E-state index in [1.807, 2.05) is 24.3 Å². The molecule has 0 aliphatic rings. The van der Waals surface area contributed by atoms with Crippen LogP contribution in [0, 0.1) is 0 Å². The van der Waals surface area contributed by atoms with Crippen LogP contribution in [-0.4, -0.2) is 4.98 Å². The zero-order valence-electron chi connectivity index (χ0n) is 10.4. The van der Waals surface area contributed by atoms with E-state index in [0.29, 0.717) is 23.3 Å². The average Bonchev–Trinajstić information content (AvgIpc) is 2.77. The summed E-state index contributed by atoms with van der Waals surface area (Å²) in [4.78, 5) is 13.7. The third-order valence-electron chi connectivity index (χ3n) is 2.99. The van der Waals surface area contributed by atoms with Gasteiger partial charge in [0.15, 0.2) is 5.58 Å². The van der Waals surface area contributed by atoms with Gasteiger partial charge in [-0.25, -0.2) is 4.79 Å². The molecule has 1 heterocycles. The monoisotopic (exact) mass is 333 g/mol. The molecule has 3 aromatic rings. The van der Waals surface area contributed by atoms with Crippen molar-refractivity contribution in [3.05, 3.63) is 57.0 Å². The van der Waals surface area contributed by atoms with Crippen LogP contribution in [0.25, 0.3) is 11.1 Å². The van der Waals surface area contributed by atoms with Crippen LogP contribution in [0.4, 0.5) is 11.4 Å². The van der Waals surface area contributed by atoms with Crippen LogP contribution in [0.3, 0.4) is 0 Å². The number of nitrogens with two attached hydrogens (primary N) is 1. The number of hydrogen-bond donors (Lipinski definition) is 3. The van der Waals surface area contributed by atoms with Crippen LogP contribution in [0.5, 0.6) is 0 Å². The number of anilines is 2. The number of H-pyrrole nitrogens is 1. The second kappa shape index (κ2) is 5.05. The Morgan fingerprint density at radius 3 is 2.75 bits per heavy atom. The van der Waals surface area contributed by atoms with Gasteiger partial charge in [-0.15, -0.1) is 0 Å². The lowest BCUT2D eigenvalue weighted by molar-refractivity contribution is 0.555. The molecular weight excluding hydrogens is 322 g/mol. The van der Waals surface area contributed by atoms with Crippen molar-refractivity contribution in [3.63, 3.8) is 0 Å². The SMILES string of the molecule is Nc1cc2oc(=O)[nH]c2cc1NCc1ccc(Br)cc1. The first-order chi connectivity index (χ1) is 9.61. The van der Waals surface area contributed by atoms with Gasteiger partial charge in [-0.1, -0.05) is 28.1 Å². The van der Waals surface area contributed by atoms with E-state index in [1.165, 1.54) is 0 Å². The summed E-state index contributed by atoms with van der Waals surface area (Å²) < 4.78 is 6.00. The average molecular weight is 334 g/mol.